The molecule has 0 aliphatic carbocycles. The predicted molar refractivity (Wildman–Crippen MR) is 132 cm³/mol. The van der Waals surface area contributed by atoms with Crippen molar-refractivity contribution in [2.45, 2.75) is 30.5 Å². The summed E-state index contributed by atoms with van der Waals surface area (Å²) >= 11 is 1.09. The number of rotatable bonds is 6. The van der Waals surface area contributed by atoms with Crippen LogP contribution in [0, 0.1) is 17.5 Å². The van der Waals surface area contributed by atoms with Crippen LogP contribution in [0.25, 0.3) is 27.2 Å². The first-order valence-corrected chi connectivity index (χ1v) is 12.6. The number of aromatic hydroxyl groups is 1. The molecule has 0 saturated carbocycles. The zero-order chi connectivity index (χ0) is 28.1. The van der Waals surface area contributed by atoms with Crippen molar-refractivity contribution in [1.82, 2.24) is 34.7 Å². The summed E-state index contributed by atoms with van der Waals surface area (Å²) in [5.74, 6) is -4.12. The van der Waals surface area contributed by atoms with E-state index in [1.165, 1.54) is 29.0 Å². The molecule has 1 aliphatic rings. The predicted octanol–water partition coefficient (Wildman–Crippen LogP) is 2.31. The zero-order valence-electron chi connectivity index (χ0n) is 20.5. The minimum absolute atomic E-state index is 0.00715. The number of aliphatic hydroxyl groups excluding tert-OH is 2. The molecule has 1 fully saturated rings. The van der Waals surface area contributed by atoms with Gasteiger partial charge in [0.25, 0.3) is 5.19 Å². The van der Waals surface area contributed by atoms with Gasteiger partial charge in [-0.15, -0.1) is 5.10 Å². The van der Waals surface area contributed by atoms with E-state index in [1.54, 1.807) is 18.2 Å². The third kappa shape index (κ3) is 4.39. The first-order valence-electron chi connectivity index (χ1n) is 11.8. The number of methoxy groups -OCH3 is 1. The number of hydrogen-bond donors (Lipinski definition) is 3. The van der Waals surface area contributed by atoms with Crippen LogP contribution in [-0.4, -0.2) is 82.1 Å². The highest BCUT2D eigenvalue weighted by molar-refractivity contribution is 7.20. The van der Waals surface area contributed by atoms with Gasteiger partial charge in [-0.3, -0.25) is 0 Å². The molecule has 16 heteroatoms. The molecule has 3 N–H and O–H groups in total. The fourth-order valence-electron chi connectivity index (χ4n) is 4.80. The SMILES string of the molecule is CO[C@@H]1[C@@H](n2cc(-c3cc(F)c(F)c(F)c3)nn2)[C@@H](O)[C@@H](CO)O[C@H]1c1ncnn1-c1ccc2nc(O)sc2c1. The molecular weight excluding hydrogens is 555 g/mol. The van der Waals surface area contributed by atoms with Crippen molar-refractivity contribution in [3.63, 3.8) is 0 Å². The molecule has 0 bridgehead atoms. The lowest BCUT2D eigenvalue weighted by Gasteiger charge is -2.43. The molecule has 3 aromatic heterocycles. The van der Waals surface area contributed by atoms with Gasteiger partial charge < -0.3 is 24.8 Å². The second-order valence-corrected chi connectivity index (χ2v) is 9.98. The quantitative estimate of drug-likeness (QED) is 0.257. The molecule has 12 nitrogen and oxygen atoms in total. The summed E-state index contributed by atoms with van der Waals surface area (Å²) in [5, 5.41) is 43.1. The molecule has 0 spiro atoms. The second kappa shape index (κ2) is 10.2. The van der Waals surface area contributed by atoms with Gasteiger partial charge in [0.05, 0.1) is 28.7 Å². The van der Waals surface area contributed by atoms with Gasteiger partial charge in [-0.1, -0.05) is 16.6 Å². The highest BCUT2D eigenvalue weighted by Gasteiger charge is 2.49. The third-order valence-corrected chi connectivity index (χ3v) is 7.49. The first kappa shape index (κ1) is 26.3. The minimum Gasteiger partial charge on any atom is -0.486 e. The molecule has 6 rings (SSSR count). The number of aliphatic hydroxyl groups is 2. The zero-order valence-corrected chi connectivity index (χ0v) is 21.3. The molecular formula is C24H20F3N7O5S. The molecule has 2 aromatic carbocycles. The molecule has 4 heterocycles. The summed E-state index contributed by atoms with van der Waals surface area (Å²) in [6.07, 6.45) is -1.79. The maximum absolute atomic E-state index is 13.8. The molecule has 0 radical (unpaired) electrons. The number of fused-ring (bicyclic) bond motifs is 1. The number of ether oxygens (including phenoxy) is 2. The molecule has 40 heavy (non-hydrogen) atoms. The van der Waals surface area contributed by atoms with Gasteiger partial charge in [-0.25, -0.2) is 32.5 Å². The standard InChI is InChI=1S/C24H20F3N7O5S/c1-38-21-19(33-7-15(31-32-33)10-4-12(25)18(27)13(26)5-10)20(36)16(8-35)39-22(21)23-28-9-29-34(23)11-2-3-14-17(6-11)40-24(37)30-14/h2-7,9,16,19-22,35-36H,8H2,1H3,(H,30,37)/t16-,19+,20+,21-,22-/m1/s1. The Morgan fingerprint density at radius 3 is 2.65 bits per heavy atom. The van der Waals surface area contributed by atoms with E-state index in [4.69, 9.17) is 9.47 Å². The average Bonchev–Trinajstić information content (AvgIpc) is 3.69. The summed E-state index contributed by atoms with van der Waals surface area (Å²) in [4.78, 5) is 8.40. The maximum Gasteiger partial charge on any atom is 0.271 e. The van der Waals surface area contributed by atoms with Crippen LogP contribution in [0.2, 0.25) is 0 Å². The van der Waals surface area contributed by atoms with Crippen LogP contribution in [0.4, 0.5) is 13.2 Å². The number of aromatic nitrogens is 7. The van der Waals surface area contributed by atoms with Gasteiger partial charge in [-0.05, 0) is 30.3 Å². The van der Waals surface area contributed by atoms with Crippen molar-refractivity contribution in [2.24, 2.45) is 0 Å². The summed E-state index contributed by atoms with van der Waals surface area (Å²) in [5.41, 5.74) is 1.11. The molecule has 1 saturated heterocycles. The lowest BCUT2D eigenvalue weighted by Crippen LogP contribution is -2.53. The molecule has 1 aliphatic heterocycles. The number of thiazole rings is 1. The topological polar surface area (TPSA) is 153 Å². The van der Waals surface area contributed by atoms with E-state index < -0.39 is 54.5 Å². The Morgan fingerprint density at radius 1 is 1.15 bits per heavy atom. The Labute approximate surface area is 226 Å². The fraction of sp³-hybridized carbons (Fsp3) is 0.292. The van der Waals surface area contributed by atoms with Gasteiger partial charge >= 0.3 is 0 Å². The Morgan fingerprint density at radius 2 is 1.93 bits per heavy atom. The van der Waals surface area contributed by atoms with Gasteiger partial charge in [0.1, 0.15) is 42.5 Å². The lowest BCUT2D eigenvalue weighted by atomic mass is 9.92. The highest BCUT2D eigenvalue weighted by atomic mass is 32.1. The van der Waals surface area contributed by atoms with Crippen molar-refractivity contribution in [3.8, 4) is 22.1 Å². The smallest absolute Gasteiger partial charge is 0.271 e. The van der Waals surface area contributed by atoms with E-state index in [2.05, 4.69) is 25.4 Å². The van der Waals surface area contributed by atoms with E-state index in [0.29, 0.717) is 15.9 Å². The van der Waals surface area contributed by atoms with Gasteiger partial charge in [-0.2, -0.15) is 5.10 Å². The Bertz CT molecular complexity index is 1670. The first-order chi connectivity index (χ1) is 19.3. The third-order valence-electron chi connectivity index (χ3n) is 6.67. The molecule has 208 valence electrons. The van der Waals surface area contributed by atoms with Crippen molar-refractivity contribution in [2.75, 3.05) is 13.7 Å². The van der Waals surface area contributed by atoms with E-state index in [-0.39, 0.29) is 22.3 Å². The van der Waals surface area contributed by atoms with Crippen molar-refractivity contribution in [3.05, 3.63) is 66.1 Å². The Kier molecular flexibility index (Phi) is 6.71. The minimum atomic E-state index is -1.61. The van der Waals surface area contributed by atoms with E-state index in [0.717, 1.165) is 23.5 Å². The molecule has 0 amide bonds. The van der Waals surface area contributed by atoms with Crippen LogP contribution in [0.15, 0.2) is 42.9 Å². The molecule has 5 atom stereocenters. The Balaban J connectivity index is 1.39. The van der Waals surface area contributed by atoms with Gasteiger partial charge in [0.2, 0.25) is 0 Å². The number of hydrogen-bond acceptors (Lipinski definition) is 11. The largest absolute Gasteiger partial charge is 0.486 e. The molecule has 5 aromatic rings. The second-order valence-electron chi connectivity index (χ2n) is 8.98. The van der Waals surface area contributed by atoms with Crippen LogP contribution < -0.4 is 0 Å². The van der Waals surface area contributed by atoms with Crippen molar-refractivity contribution >= 4 is 21.6 Å². The van der Waals surface area contributed by atoms with Crippen molar-refractivity contribution < 1.29 is 38.0 Å². The summed E-state index contributed by atoms with van der Waals surface area (Å²) in [7, 11) is 1.38. The number of benzene rings is 2. The highest BCUT2D eigenvalue weighted by Crippen LogP contribution is 2.40. The summed E-state index contributed by atoms with van der Waals surface area (Å²) in [6, 6.07) is 5.75. The van der Waals surface area contributed by atoms with Gasteiger partial charge in [0.15, 0.2) is 23.3 Å². The normalized spacial score (nSPS) is 23.2. The average molecular weight is 576 g/mol. The summed E-state index contributed by atoms with van der Waals surface area (Å²) < 4.78 is 56.3. The Hall–Kier alpha value is -3.96. The van der Waals surface area contributed by atoms with Crippen LogP contribution in [0.3, 0.4) is 0 Å². The van der Waals surface area contributed by atoms with Crippen LogP contribution in [-0.2, 0) is 9.47 Å². The maximum atomic E-state index is 13.8. The monoisotopic (exact) mass is 575 g/mol. The van der Waals surface area contributed by atoms with E-state index in [1.807, 2.05) is 0 Å². The van der Waals surface area contributed by atoms with Crippen LogP contribution in [0.5, 0.6) is 5.19 Å². The fourth-order valence-corrected chi connectivity index (χ4v) is 5.54. The number of nitrogens with zero attached hydrogens (tertiary/aromatic N) is 7. The number of halogens is 3. The van der Waals surface area contributed by atoms with Crippen LogP contribution in [0.1, 0.15) is 18.0 Å². The van der Waals surface area contributed by atoms with E-state index >= 15 is 0 Å². The summed E-state index contributed by atoms with van der Waals surface area (Å²) in [6.45, 7) is -0.569. The van der Waals surface area contributed by atoms with Crippen LogP contribution >= 0.6 is 11.3 Å². The van der Waals surface area contributed by atoms with E-state index in [9.17, 15) is 28.5 Å². The van der Waals surface area contributed by atoms with Gasteiger partial charge in [0, 0.05) is 12.7 Å². The van der Waals surface area contributed by atoms with Crippen molar-refractivity contribution in [1.29, 1.82) is 0 Å². The lowest BCUT2D eigenvalue weighted by molar-refractivity contribution is -0.217. The molecule has 0 unspecified atom stereocenters.